The molecule has 1 aliphatic heterocycles. The maximum atomic E-state index is 12.2. The number of hydrogen-bond acceptors (Lipinski definition) is 4. The summed E-state index contributed by atoms with van der Waals surface area (Å²) in [5.74, 6) is -0.100. The topological polar surface area (TPSA) is 69.0 Å². The van der Waals surface area contributed by atoms with Gasteiger partial charge in [0.25, 0.3) is 5.91 Å². The van der Waals surface area contributed by atoms with Crippen molar-refractivity contribution in [1.29, 1.82) is 5.26 Å². The first-order valence-corrected chi connectivity index (χ1v) is 6.55. The Labute approximate surface area is 113 Å². The molecule has 2 rings (SSSR count). The van der Waals surface area contributed by atoms with Crippen LogP contribution in [0.5, 0.6) is 0 Å². The average molecular weight is 258 g/mol. The molecule has 5 heteroatoms. The molecule has 1 atom stereocenters. The second-order valence-electron chi connectivity index (χ2n) is 4.88. The molecule has 1 N–H and O–H groups in total. The predicted octanol–water partition coefficient (Wildman–Crippen LogP) is 1.17. The second-order valence-corrected chi connectivity index (χ2v) is 4.88. The van der Waals surface area contributed by atoms with Crippen molar-refractivity contribution in [2.24, 2.45) is 0 Å². The molecule has 19 heavy (non-hydrogen) atoms. The monoisotopic (exact) mass is 258 g/mol. The van der Waals surface area contributed by atoms with Crippen molar-refractivity contribution in [2.45, 2.75) is 25.3 Å². The van der Waals surface area contributed by atoms with Crippen molar-refractivity contribution >= 4 is 5.91 Å². The predicted molar refractivity (Wildman–Crippen MR) is 71.6 cm³/mol. The molecule has 0 aliphatic carbocycles. The third-order valence-electron chi connectivity index (χ3n) is 3.37. The molecule has 1 unspecified atom stereocenters. The van der Waals surface area contributed by atoms with Crippen LogP contribution in [0, 0.1) is 11.3 Å². The lowest BCUT2D eigenvalue weighted by atomic mass is 10.0. The van der Waals surface area contributed by atoms with Crippen LogP contribution >= 0.6 is 0 Å². The number of carbonyl (C=O) groups is 1. The van der Waals surface area contributed by atoms with E-state index in [1.807, 2.05) is 6.07 Å². The van der Waals surface area contributed by atoms with Gasteiger partial charge in [-0.05, 0) is 31.5 Å². The van der Waals surface area contributed by atoms with Gasteiger partial charge in [0.2, 0.25) is 0 Å². The summed E-state index contributed by atoms with van der Waals surface area (Å²) >= 11 is 0. The van der Waals surface area contributed by atoms with E-state index < -0.39 is 0 Å². The summed E-state index contributed by atoms with van der Waals surface area (Å²) in [7, 11) is 1.79. The standard InChI is InChI=1S/C14H18N4O/c1-18(10-12-4-2-3-7-16-12)14(19)13-6-5-11(8-15)9-17-13/h5-6,9,12,16H,2-4,7,10H2,1H3. The van der Waals surface area contributed by atoms with Crippen molar-refractivity contribution in [2.75, 3.05) is 20.1 Å². The SMILES string of the molecule is CN(CC1CCCCN1)C(=O)c1ccc(C#N)cn1. The summed E-state index contributed by atoms with van der Waals surface area (Å²) < 4.78 is 0. The zero-order valence-corrected chi connectivity index (χ0v) is 11.1. The van der Waals surface area contributed by atoms with Crippen molar-refractivity contribution < 1.29 is 4.79 Å². The van der Waals surface area contributed by atoms with E-state index in [2.05, 4.69) is 10.3 Å². The number of amides is 1. The zero-order valence-electron chi connectivity index (χ0n) is 11.1. The van der Waals surface area contributed by atoms with Crippen LogP contribution in [0.15, 0.2) is 18.3 Å². The molecule has 1 aliphatic rings. The van der Waals surface area contributed by atoms with Gasteiger partial charge in [-0.15, -0.1) is 0 Å². The average Bonchev–Trinajstić information content (AvgIpc) is 2.47. The van der Waals surface area contributed by atoms with Gasteiger partial charge in [0.05, 0.1) is 5.56 Å². The van der Waals surface area contributed by atoms with Crippen molar-refractivity contribution in [1.82, 2.24) is 15.2 Å². The Morgan fingerprint density at radius 2 is 2.42 bits per heavy atom. The summed E-state index contributed by atoms with van der Waals surface area (Å²) in [5.41, 5.74) is 0.852. The zero-order chi connectivity index (χ0) is 13.7. The molecule has 0 radical (unpaired) electrons. The van der Waals surface area contributed by atoms with Gasteiger partial charge in [0, 0.05) is 25.8 Å². The number of aromatic nitrogens is 1. The van der Waals surface area contributed by atoms with Gasteiger partial charge in [-0.1, -0.05) is 6.42 Å². The van der Waals surface area contributed by atoms with Gasteiger partial charge in [-0.2, -0.15) is 5.26 Å². The Morgan fingerprint density at radius 3 is 3.00 bits per heavy atom. The van der Waals surface area contributed by atoms with Crippen molar-refractivity contribution in [3.63, 3.8) is 0 Å². The number of rotatable bonds is 3. The first kappa shape index (κ1) is 13.5. The van der Waals surface area contributed by atoms with Crippen LogP contribution in [0.25, 0.3) is 0 Å². The minimum atomic E-state index is -0.100. The fourth-order valence-electron chi connectivity index (χ4n) is 2.28. The number of piperidine rings is 1. The molecule has 1 saturated heterocycles. The Kier molecular flexibility index (Phi) is 4.48. The highest BCUT2D eigenvalue weighted by atomic mass is 16.2. The fraction of sp³-hybridized carbons (Fsp3) is 0.500. The minimum absolute atomic E-state index is 0.100. The van der Waals surface area contributed by atoms with Crippen LogP contribution in [0.3, 0.4) is 0 Å². The summed E-state index contributed by atoms with van der Waals surface area (Å²) in [6.07, 6.45) is 4.97. The molecule has 0 saturated carbocycles. The van der Waals surface area contributed by atoms with Crippen LogP contribution in [0.4, 0.5) is 0 Å². The van der Waals surface area contributed by atoms with Gasteiger partial charge < -0.3 is 10.2 Å². The molecule has 1 amide bonds. The number of nitriles is 1. The molecule has 1 aromatic rings. The molecule has 100 valence electrons. The van der Waals surface area contributed by atoms with Gasteiger partial charge in [-0.3, -0.25) is 4.79 Å². The van der Waals surface area contributed by atoms with Gasteiger partial charge in [-0.25, -0.2) is 4.98 Å². The normalized spacial score (nSPS) is 18.6. The van der Waals surface area contributed by atoms with Gasteiger partial charge in [0.15, 0.2) is 0 Å². The summed E-state index contributed by atoms with van der Waals surface area (Å²) in [6.45, 7) is 1.72. The highest BCUT2D eigenvalue weighted by Crippen LogP contribution is 2.09. The lowest BCUT2D eigenvalue weighted by Crippen LogP contribution is -2.44. The minimum Gasteiger partial charge on any atom is -0.339 e. The first-order valence-electron chi connectivity index (χ1n) is 6.55. The summed E-state index contributed by atoms with van der Waals surface area (Å²) in [4.78, 5) is 17.9. The lowest BCUT2D eigenvalue weighted by molar-refractivity contribution is 0.0769. The third-order valence-corrected chi connectivity index (χ3v) is 3.37. The van der Waals surface area contributed by atoms with Crippen LogP contribution in [-0.2, 0) is 0 Å². The van der Waals surface area contributed by atoms with Crippen molar-refractivity contribution in [3.8, 4) is 6.07 Å². The van der Waals surface area contributed by atoms with Crippen LogP contribution in [0.1, 0.15) is 35.3 Å². The quantitative estimate of drug-likeness (QED) is 0.883. The van der Waals surface area contributed by atoms with E-state index >= 15 is 0 Å². The first-order chi connectivity index (χ1) is 9.20. The fourth-order valence-corrected chi connectivity index (χ4v) is 2.28. The highest BCUT2D eigenvalue weighted by Gasteiger charge is 2.19. The van der Waals surface area contributed by atoms with E-state index in [1.54, 1.807) is 24.1 Å². The number of carbonyl (C=O) groups excluding carboxylic acids is 1. The maximum Gasteiger partial charge on any atom is 0.272 e. The molecule has 0 aromatic carbocycles. The van der Waals surface area contributed by atoms with E-state index in [9.17, 15) is 4.79 Å². The lowest BCUT2D eigenvalue weighted by Gasteiger charge is -2.28. The van der Waals surface area contributed by atoms with E-state index in [1.165, 1.54) is 19.0 Å². The largest absolute Gasteiger partial charge is 0.339 e. The highest BCUT2D eigenvalue weighted by molar-refractivity contribution is 5.92. The molecular weight excluding hydrogens is 240 g/mol. The van der Waals surface area contributed by atoms with E-state index in [0.29, 0.717) is 23.8 Å². The number of pyridine rings is 1. The van der Waals surface area contributed by atoms with Crippen LogP contribution < -0.4 is 5.32 Å². The Morgan fingerprint density at radius 1 is 1.58 bits per heavy atom. The molecule has 1 aromatic heterocycles. The molecule has 5 nitrogen and oxygen atoms in total. The molecule has 0 bridgehead atoms. The van der Waals surface area contributed by atoms with Crippen LogP contribution in [0.2, 0.25) is 0 Å². The van der Waals surface area contributed by atoms with Gasteiger partial charge in [0.1, 0.15) is 11.8 Å². The van der Waals surface area contributed by atoms with E-state index in [0.717, 1.165) is 13.0 Å². The van der Waals surface area contributed by atoms with Crippen molar-refractivity contribution in [3.05, 3.63) is 29.6 Å². The maximum absolute atomic E-state index is 12.2. The summed E-state index contributed by atoms with van der Waals surface area (Å²) in [5, 5.41) is 12.1. The molecular formula is C14H18N4O. The molecule has 1 fully saturated rings. The van der Waals surface area contributed by atoms with Crippen LogP contribution in [-0.4, -0.2) is 42.0 Å². The number of hydrogen-bond donors (Lipinski definition) is 1. The summed E-state index contributed by atoms with van der Waals surface area (Å²) in [6, 6.07) is 5.59. The number of likely N-dealkylation sites (N-methyl/N-ethyl adjacent to an activating group) is 1. The van der Waals surface area contributed by atoms with E-state index in [4.69, 9.17) is 5.26 Å². The smallest absolute Gasteiger partial charge is 0.272 e. The molecule has 2 heterocycles. The Bertz CT molecular complexity index is 471. The van der Waals surface area contributed by atoms with E-state index in [-0.39, 0.29) is 5.91 Å². The number of nitrogens with one attached hydrogen (secondary N) is 1. The van der Waals surface area contributed by atoms with Gasteiger partial charge >= 0.3 is 0 Å². The third kappa shape index (κ3) is 3.52. The Hall–Kier alpha value is -1.93. The number of nitrogens with zero attached hydrogens (tertiary/aromatic N) is 3. The Balaban J connectivity index is 1.95. The molecule has 0 spiro atoms. The second kappa shape index (κ2) is 6.30.